The molecule has 0 spiro atoms. The first-order valence-electron chi connectivity index (χ1n) is 10.3. The molecule has 2 atom stereocenters. The molecular formula is C26H27NO5. The van der Waals surface area contributed by atoms with E-state index in [0.717, 1.165) is 16.9 Å². The van der Waals surface area contributed by atoms with Gasteiger partial charge in [0.15, 0.2) is 11.5 Å². The highest BCUT2D eigenvalue weighted by Crippen LogP contribution is 2.55. The Morgan fingerprint density at radius 1 is 0.781 bits per heavy atom. The minimum absolute atomic E-state index is 0.00112. The van der Waals surface area contributed by atoms with Crippen molar-refractivity contribution < 1.29 is 23.7 Å². The summed E-state index contributed by atoms with van der Waals surface area (Å²) >= 11 is 0. The molecule has 4 rings (SSSR count). The molecule has 1 heterocycles. The van der Waals surface area contributed by atoms with Gasteiger partial charge < -0.3 is 23.8 Å². The van der Waals surface area contributed by atoms with Crippen LogP contribution in [-0.2, 0) is 10.2 Å². The molecule has 1 amide bonds. The van der Waals surface area contributed by atoms with E-state index in [2.05, 4.69) is 0 Å². The Balaban J connectivity index is 1.87. The molecule has 6 heteroatoms. The van der Waals surface area contributed by atoms with E-state index in [9.17, 15) is 4.79 Å². The Bertz CT molecular complexity index is 1090. The molecule has 166 valence electrons. The van der Waals surface area contributed by atoms with Crippen molar-refractivity contribution in [3.8, 4) is 23.0 Å². The first-order chi connectivity index (χ1) is 15.5. The lowest BCUT2D eigenvalue weighted by atomic mass is 9.64. The summed E-state index contributed by atoms with van der Waals surface area (Å²) in [5.74, 6) is 2.24. The topological polar surface area (TPSA) is 57.2 Å². The zero-order valence-corrected chi connectivity index (χ0v) is 18.9. The number of methoxy groups -OCH3 is 4. The zero-order chi connectivity index (χ0) is 22.9. The Kier molecular flexibility index (Phi) is 5.70. The second-order valence-electron chi connectivity index (χ2n) is 7.80. The second-order valence-corrected chi connectivity index (χ2v) is 7.80. The largest absolute Gasteiger partial charge is 0.497 e. The summed E-state index contributed by atoms with van der Waals surface area (Å²) in [6, 6.07) is 21.1. The SMILES string of the molecule is COc1ccc([C@H]2N(c3cc(OC)c(OC)c(OC)c3)C(=O)C2(C)c2ccccc2)cc1. The van der Waals surface area contributed by atoms with Crippen molar-refractivity contribution in [1.82, 2.24) is 0 Å². The van der Waals surface area contributed by atoms with Gasteiger partial charge in [0.05, 0.1) is 45.6 Å². The highest BCUT2D eigenvalue weighted by atomic mass is 16.5. The fraction of sp³-hybridized carbons (Fsp3) is 0.269. The summed E-state index contributed by atoms with van der Waals surface area (Å²) in [6.45, 7) is 1.99. The van der Waals surface area contributed by atoms with E-state index in [4.69, 9.17) is 18.9 Å². The predicted octanol–water partition coefficient (Wildman–Crippen LogP) is 4.77. The number of hydrogen-bond donors (Lipinski definition) is 0. The monoisotopic (exact) mass is 433 g/mol. The molecule has 0 N–H and O–H groups in total. The maximum atomic E-state index is 13.7. The van der Waals surface area contributed by atoms with Crippen LogP contribution in [0.5, 0.6) is 23.0 Å². The third-order valence-electron chi connectivity index (χ3n) is 6.20. The van der Waals surface area contributed by atoms with Crippen molar-refractivity contribution in [2.45, 2.75) is 18.4 Å². The maximum absolute atomic E-state index is 13.7. The third-order valence-corrected chi connectivity index (χ3v) is 6.20. The molecule has 1 fully saturated rings. The maximum Gasteiger partial charge on any atom is 0.240 e. The fourth-order valence-electron chi connectivity index (χ4n) is 4.48. The third kappa shape index (κ3) is 3.23. The normalized spacial score (nSPS) is 19.8. The molecule has 0 aliphatic carbocycles. The lowest BCUT2D eigenvalue weighted by molar-refractivity contribution is -0.132. The Labute approximate surface area is 188 Å². The van der Waals surface area contributed by atoms with Gasteiger partial charge in [0, 0.05) is 12.1 Å². The van der Waals surface area contributed by atoms with E-state index in [1.807, 2.05) is 61.5 Å². The van der Waals surface area contributed by atoms with Gasteiger partial charge in [-0.2, -0.15) is 0 Å². The molecule has 1 aliphatic rings. The van der Waals surface area contributed by atoms with Gasteiger partial charge in [-0.3, -0.25) is 4.79 Å². The Hall–Kier alpha value is -3.67. The minimum Gasteiger partial charge on any atom is -0.497 e. The number of anilines is 1. The number of benzene rings is 3. The van der Waals surface area contributed by atoms with Gasteiger partial charge in [0.25, 0.3) is 0 Å². The summed E-state index contributed by atoms with van der Waals surface area (Å²) in [7, 11) is 6.32. The predicted molar refractivity (Wildman–Crippen MR) is 123 cm³/mol. The summed E-state index contributed by atoms with van der Waals surface area (Å²) < 4.78 is 21.8. The molecule has 1 aliphatic heterocycles. The second kappa shape index (κ2) is 8.46. The Morgan fingerprint density at radius 2 is 1.38 bits per heavy atom. The minimum atomic E-state index is -0.726. The van der Waals surface area contributed by atoms with Gasteiger partial charge in [-0.05, 0) is 30.2 Å². The van der Waals surface area contributed by atoms with E-state index in [1.54, 1.807) is 45.5 Å². The van der Waals surface area contributed by atoms with Crippen LogP contribution in [0.4, 0.5) is 5.69 Å². The summed E-state index contributed by atoms with van der Waals surface area (Å²) in [5, 5.41) is 0. The molecular weight excluding hydrogens is 406 g/mol. The molecule has 3 aromatic carbocycles. The molecule has 3 aromatic rings. The molecule has 32 heavy (non-hydrogen) atoms. The van der Waals surface area contributed by atoms with Crippen molar-refractivity contribution in [2.24, 2.45) is 0 Å². The van der Waals surface area contributed by atoms with E-state index in [-0.39, 0.29) is 11.9 Å². The van der Waals surface area contributed by atoms with Gasteiger partial charge in [0.2, 0.25) is 11.7 Å². The first-order valence-corrected chi connectivity index (χ1v) is 10.3. The van der Waals surface area contributed by atoms with Gasteiger partial charge in [-0.25, -0.2) is 0 Å². The number of carbonyl (C=O) groups excluding carboxylic acids is 1. The lowest BCUT2D eigenvalue weighted by Gasteiger charge is -2.55. The highest BCUT2D eigenvalue weighted by molar-refractivity contribution is 6.10. The van der Waals surface area contributed by atoms with Crippen LogP contribution in [0.3, 0.4) is 0 Å². The average Bonchev–Trinajstić information content (AvgIpc) is 2.86. The van der Waals surface area contributed by atoms with Crippen LogP contribution in [0.1, 0.15) is 24.1 Å². The van der Waals surface area contributed by atoms with Crippen molar-refractivity contribution in [2.75, 3.05) is 33.3 Å². The number of hydrogen-bond acceptors (Lipinski definition) is 5. The number of β-lactam (4-membered cyclic amide) rings is 1. The van der Waals surface area contributed by atoms with Crippen LogP contribution >= 0.6 is 0 Å². The highest BCUT2D eigenvalue weighted by Gasteiger charge is 2.59. The van der Waals surface area contributed by atoms with Crippen molar-refractivity contribution in [3.05, 3.63) is 77.9 Å². The van der Waals surface area contributed by atoms with E-state index in [0.29, 0.717) is 22.9 Å². The van der Waals surface area contributed by atoms with Gasteiger partial charge in [-0.1, -0.05) is 42.5 Å². The van der Waals surface area contributed by atoms with E-state index in [1.165, 1.54) is 0 Å². The summed E-state index contributed by atoms with van der Waals surface area (Å²) in [6.07, 6.45) is 0. The van der Waals surface area contributed by atoms with E-state index >= 15 is 0 Å². The summed E-state index contributed by atoms with van der Waals surface area (Å²) in [5.41, 5.74) is 1.93. The number of rotatable bonds is 7. The molecule has 0 saturated carbocycles. The smallest absolute Gasteiger partial charge is 0.240 e. The Morgan fingerprint density at radius 3 is 1.88 bits per heavy atom. The standard InChI is InChI=1S/C26H27NO5/c1-26(18-9-7-6-8-10-18)24(17-11-13-20(29-2)14-12-17)27(25(26)28)19-15-21(30-3)23(32-5)22(16-19)31-4/h6-16,24H,1-5H3/t24-,26?/m1/s1. The fourth-order valence-corrected chi connectivity index (χ4v) is 4.48. The van der Waals surface area contributed by atoms with E-state index < -0.39 is 5.41 Å². The van der Waals surface area contributed by atoms with Crippen LogP contribution in [-0.4, -0.2) is 34.3 Å². The van der Waals surface area contributed by atoms with Crippen LogP contribution in [0.25, 0.3) is 0 Å². The van der Waals surface area contributed by atoms with Crippen molar-refractivity contribution >= 4 is 11.6 Å². The van der Waals surface area contributed by atoms with Gasteiger partial charge >= 0.3 is 0 Å². The quantitative estimate of drug-likeness (QED) is 0.503. The number of ether oxygens (including phenoxy) is 4. The van der Waals surface area contributed by atoms with Crippen LogP contribution in [0.2, 0.25) is 0 Å². The molecule has 1 unspecified atom stereocenters. The zero-order valence-electron chi connectivity index (χ0n) is 18.9. The number of amides is 1. The molecule has 0 aromatic heterocycles. The van der Waals surface area contributed by atoms with Gasteiger partial charge in [0.1, 0.15) is 5.75 Å². The van der Waals surface area contributed by atoms with Crippen LogP contribution in [0.15, 0.2) is 66.7 Å². The number of nitrogens with zero attached hydrogens (tertiary/aromatic N) is 1. The lowest BCUT2D eigenvalue weighted by Crippen LogP contribution is -2.65. The molecule has 1 saturated heterocycles. The molecule has 0 radical (unpaired) electrons. The summed E-state index contributed by atoms with van der Waals surface area (Å²) in [4.78, 5) is 15.5. The van der Waals surface area contributed by atoms with Crippen LogP contribution < -0.4 is 23.8 Å². The van der Waals surface area contributed by atoms with Gasteiger partial charge in [-0.15, -0.1) is 0 Å². The average molecular weight is 434 g/mol. The first kappa shape index (κ1) is 21.6. The molecule has 0 bridgehead atoms. The molecule has 6 nitrogen and oxygen atoms in total. The number of carbonyl (C=O) groups is 1. The van der Waals surface area contributed by atoms with Crippen molar-refractivity contribution in [1.29, 1.82) is 0 Å². The van der Waals surface area contributed by atoms with Crippen LogP contribution in [0, 0.1) is 0 Å². The van der Waals surface area contributed by atoms with Crippen molar-refractivity contribution in [3.63, 3.8) is 0 Å².